The summed E-state index contributed by atoms with van der Waals surface area (Å²) >= 11 is 0. The van der Waals surface area contributed by atoms with Crippen LogP contribution in [0.3, 0.4) is 0 Å². The van der Waals surface area contributed by atoms with Crippen LogP contribution < -0.4 is 0 Å². The summed E-state index contributed by atoms with van der Waals surface area (Å²) in [6, 6.07) is 11.7. The van der Waals surface area contributed by atoms with Crippen molar-refractivity contribution < 1.29 is 22.0 Å². The SMILES string of the molecule is O=C(c1cnn(-c2ccccc2)c1)N1CCN(S(=O)(=O)c2ccc(F)cc2F)CC1. The van der Waals surface area contributed by atoms with Gasteiger partial charge in [-0.15, -0.1) is 0 Å². The summed E-state index contributed by atoms with van der Waals surface area (Å²) < 4.78 is 55.1. The van der Waals surface area contributed by atoms with Crippen LogP contribution in [0.15, 0.2) is 65.8 Å². The Morgan fingerprint density at radius 3 is 2.33 bits per heavy atom. The Morgan fingerprint density at radius 1 is 0.967 bits per heavy atom. The zero-order valence-electron chi connectivity index (χ0n) is 15.8. The van der Waals surface area contributed by atoms with E-state index in [9.17, 15) is 22.0 Å². The van der Waals surface area contributed by atoms with Crippen molar-refractivity contribution in [2.75, 3.05) is 26.2 Å². The predicted octanol–water partition coefficient (Wildman–Crippen LogP) is 2.30. The molecular weight excluding hydrogens is 414 g/mol. The molecular formula is C20H18F2N4O3S. The molecule has 10 heteroatoms. The third-order valence-corrected chi connectivity index (χ3v) is 6.82. The highest BCUT2D eigenvalue weighted by atomic mass is 32.2. The molecule has 0 unspecified atom stereocenters. The standard InChI is InChI=1S/C20H18F2N4O3S/c21-16-6-7-19(18(22)12-16)30(28,29)25-10-8-24(9-11-25)20(27)15-13-23-26(14-15)17-4-2-1-3-5-17/h1-7,12-14H,8-11H2. The van der Waals surface area contributed by atoms with Crippen molar-refractivity contribution >= 4 is 15.9 Å². The van der Waals surface area contributed by atoms with Gasteiger partial charge < -0.3 is 4.90 Å². The first-order valence-corrected chi connectivity index (χ1v) is 10.6. The second kappa shape index (κ2) is 7.96. The number of carbonyl (C=O) groups is 1. The third-order valence-electron chi connectivity index (χ3n) is 4.89. The number of para-hydroxylation sites is 1. The van der Waals surface area contributed by atoms with Gasteiger partial charge in [-0.1, -0.05) is 18.2 Å². The summed E-state index contributed by atoms with van der Waals surface area (Å²) in [4.78, 5) is 13.7. The molecule has 0 aliphatic carbocycles. The molecule has 0 spiro atoms. The van der Waals surface area contributed by atoms with Crippen molar-refractivity contribution in [1.82, 2.24) is 19.0 Å². The minimum Gasteiger partial charge on any atom is -0.336 e. The van der Waals surface area contributed by atoms with Crippen LogP contribution in [0.4, 0.5) is 8.78 Å². The second-order valence-corrected chi connectivity index (χ2v) is 8.69. The van der Waals surface area contributed by atoms with E-state index in [2.05, 4.69) is 5.10 Å². The van der Waals surface area contributed by atoms with Crippen LogP contribution in [0.25, 0.3) is 5.69 Å². The molecule has 0 bridgehead atoms. The van der Waals surface area contributed by atoms with E-state index < -0.39 is 26.6 Å². The van der Waals surface area contributed by atoms with Crippen LogP contribution in [0.2, 0.25) is 0 Å². The van der Waals surface area contributed by atoms with Gasteiger partial charge in [0.05, 0.1) is 17.4 Å². The minimum atomic E-state index is -4.12. The zero-order valence-corrected chi connectivity index (χ0v) is 16.6. The summed E-state index contributed by atoms with van der Waals surface area (Å²) in [6.07, 6.45) is 3.08. The number of halogens is 2. The molecule has 1 aliphatic heterocycles. The maximum atomic E-state index is 13.9. The van der Waals surface area contributed by atoms with Crippen molar-refractivity contribution in [3.63, 3.8) is 0 Å². The largest absolute Gasteiger partial charge is 0.336 e. The lowest BCUT2D eigenvalue weighted by Gasteiger charge is -2.33. The van der Waals surface area contributed by atoms with E-state index in [1.54, 1.807) is 10.9 Å². The van der Waals surface area contributed by atoms with E-state index >= 15 is 0 Å². The molecule has 0 atom stereocenters. The Bertz CT molecular complexity index is 1170. The summed E-state index contributed by atoms with van der Waals surface area (Å²) in [5.74, 6) is -2.25. The van der Waals surface area contributed by atoms with Gasteiger partial charge in [-0.25, -0.2) is 21.9 Å². The van der Waals surface area contributed by atoms with Gasteiger partial charge >= 0.3 is 0 Å². The summed E-state index contributed by atoms with van der Waals surface area (Å²) in [5, 5.41) is 4.20. The van der Waals surface area contributed by atoms with Crippen LogP contribution in [0.1, 0.15) is 10.4 Å². The average Bonchev–Trinajstić information content (AvgIpc) is 3.24. The van der Waals surface area contributed by atoms with Crippen molar-refractivity contribution in [2.24, 2.45) is 0 Å². The number of benzene rings is 2. The van der Waals surface area contributed by atoms with Crippen LogP contribution in [-0.4, -0.2) is 59.5 Å². The maximum Gasteiger partial charge on any atom is 0.257 e. The molecule has 4 rings (SSSR count). The molecule has 0 saturated carbocycles. The van der Waals surface area contributed by atoms with Gasteiger partial charge in [0.25, 0.3) is 5.91 Å². The summed E-state index contributed by atoms with van der Waals surface area (Å²) in [5.41, 5.74) is 1.20. The Labute approximate surface area is 172 Å². The maximum absolute atomic E-state index is 13.9. The van der Waals surface area contributed by atoms with Gasteiger partial charge in [-0.3, -0.25) is 4.79 Å². The molecule has 2 aromatic carbocycles. The Kier molecular flexibility index (Phi) is 5.35. The van der Waals surface area contributed by atoms with Crippen molar-refractivity contribution in [1.29, 1.82) is 0 Å². The fourth-order valence-corrected chi connectivity index (χ4v) is 4.76. The van der Waals surface area contributed by atoms with E-state index in [4.69, 9.17) is 0 Å². The number of rotatable bonds is 4. The molecule has 7 nitrogen and oxygen atoms in total. The topological polar surface area (TPSA) is 75.5 Å². The molecule has 0 N–H and O–H groups in total. The van der Waals surface area contributed by atoms with E-state index in [1.807, 2.05) is 30.3 Å². The van der Waals surface area contributed by atoms with E-state index in [0.29, 0.717) is 11.6 Å². The first kappa shape index (κ1) is 20.2. The molecule has 2 heterocycles. The van der Waals surface area contributed by atoms with Crippen molar-refractivity contribution in [3.05, 3.63) is 78.1 Å². The first-order chi connectivity index (χ1) is 14.4. The first-order valence-electron chi connectivity index (χ1n) is 9.21. The second-order valence-electron chi connectivity index (χ2n) is 6.78. The van der Waals surface area contributed by atoms with Crippen molar-refractivity contribution in [3.8, 4) is 5.69 Å². The van der Waals surface area contributed by atoms with Crippen molar-refractivity contribution in [2.45, 2.75) is 4.90 Å². The van der Waals surface area contributed by atoms with Gasteiger partial charge in [-0.2, -0.15) is 9.40 Å². The summed E-state index contributed by atoms with van der Waals surface area (Å²) in [7, 11) is -4.12. The number of nitrogens with zero attached hydrogens (tertiary/aromatic N) is 4. The highest BCUT2D eigenvalue weighted by Gasteiger charge is 2.32. The zero-order chi connectivity index (χ0) is 21.3. The molecule has 3 aromatic rings. The molecule has 1 aromatic heterocycles. The number of carbonyl (C=O) groups excluding carboxylic acids is 1. The van der Waals surface area contributed by atoms with Gasteiger partial charge in [0.15, 0.2) is 0 Å². The lowest BCUT2D eigenvalue weighted by atomic mass is 10.2. The Hall–Kier alpha value is -3.11. The van der Waals surface area contributed by atoms with Crippen LogP contribution in [0, 0.1) is 11.6 Å². The summed E-state index contributed by atoms with van der Waals surface area (Å²) in [6.45, 7) is 0.324. The number of hydrogen-bond acceptors (Lipinski definition) is 4. The van der Waals surface area contributed by atoms with Crippen LogP contribution in [-0.2, 0) is 10.0 Å². The normalized spacial score (nSPS) is 15.3. The molecule has 1 amide bonds. The number of piperazine rings is 1. The van der Waals surface area contributed by atoms with E-state index in [1.165, 1.54) is 11.1 Å². The molecule has 1 aliphatic rings. The number of hydrogen-bond donors (Lipinski definition) is 0. The fraction of sp³-hybridized carbons (Fsp3) is 0.200. The van der Waals surface area contributed by atoms with Crippen LogP contribution >= 0.6 is 0 Å². The lowest BCUT2D eigenvalue weighted by Crippen LogP contribution is -2.50. The van der Waals surface area contributed by atoms with E-state index in [0.717, 1.165) is 22.1 Å². The quantitative estimate of drug-likeness (QED) is 0.634. The van der Waals surface area contributed by atoms with Gasteiger partial charge in [0.2, 0.25) is 10.0 Å². The number of amides is 1. The smallest absolute Gasteiger partial charge is 0.257 e. The molecule has 1 saturated heterocycles. The molecule has 30 heavy (non-hydrogen) atoms. The van der Waals surface area contributed by atoms with Gasteiger partial charge in [-0.05, 0) is 24.3 Å². The minimum absolute atomic E-state index is 0.0116. The number of sulfonamides is 1. The van der Waals surface area contributed by atoms with Crippen LogP contribution in [0.5, 0.6) is 0 Å². The van der Waals surface area contributed by atoms with E-state index in [-0.39, 0.29) is 32.1 Å². The third kappa shape index (κ3) is 3.83. The average molecular weight is 432 g/mol. The monoisotopic (exact) mass is 432 g/mol. The fourth-order valence-electron chi connectivity index (χ4n) is 3.29. The predicted molar refractivity (Wildman–Crippen MR) is 105 cm³/mol. The number of aromatic nitrogens is 2. The lowest BCUT2D eigenvalue weighted by molar-refractivity contribution is 0.0697. The highest BCUT2D eigenvalue weighted by Crippen LogP contribution is 2.22. The Balaban J connectivity index is 1.44. The molecule has 0 radical (unpaired) electrons. The van der Waals surface area contributed by atoms with Gasteiger partial charge in [0, 0.05) is 38.4 Å². The molecule has 156 valence electrons. The highest BCUT2D eigenvalue weighted by molar-refractivity contribution is 7.89. The molecule has 1 fully saturated rings. The van der Waals surface area contributed by atoms with Gasteiger partial charge in [0.1, 0.15) is 16.5 Å². The Morgan fingerprint density at radius 2 is 1.67 bits per heavy atom.